The Balaban J connectivity index is 0.00000420. The Hall–Kier alpha value is -0.950. The highest BCUT2D eigenvalue weighted by Gasteiger charge is 2.34. The van der Waals surface area contributed by atoms with Crippen molar-refractivity contribution in [3.05, 3.63) is 29.8 Å². The minimum Gasteiger partial charge on any atom is -0.396 e. The number of rotatable bonds is 9. The van der Waals surface area contributed by atoms with E-state index in [2.05, 4.69) is 15.6 Å². The minimum absolute atomic E-state index is 0. The standard InChI is InChI=1S/C19H32N4O4S.HI/c1-4-20-18(22-14-19(9-11-24)10-12-27-15-19)21-13-16-5-7-17(8-6-16)28(25,26)23(2)3;/h5-8,24H,4,9-15H2,1-3H3,(H2,20,21,22);1H. The molecule has 166 valence electrons. The number of nitrogens with zero attached hydrogens (tertiary/aromatic N) is 2. The van der Waals surface area contributed by atoms with Gasteiger partial charge in [-0.2, -0.15) is 0 Å². The van der Waals surface area contributed by atoms with Crippen molar-refractivity contribution >= 4 is 40.0 Å². The van der Waals surface area contributed by atoms with E-state index in [0.717, 1.165) is 25.1 Å². The number of benzene rings is 1. The summed E-state index contributed by atoms with van der Waals surface area (Å²) < 4.78 is 31.0. The molecule has 3 N–H and O–H groups in total. The second kappa shape index (κ2) is 12.0. The lowest BCUT2D eigenvalue weighted by Gasteiger charge is -2.27. The fourth-order valence-electron chi connectivity index (χ4n) is 3.07. The van der Waals surface area contributed by atoms with E-state index >= 15 is 0 Å². The van der Waals surface area contributed by atoms with Crippen LogP contribution in [0.5, 0.6) is 0 Å². The third-order valence-electron chi connectivity index (χ3n) is 4.92. The van der Waals surface area contributed by atoms with E-state index in [4.69, 9.17) is 4.74 Å². The zero-order valence-corrected chi connectivity index (χ0v) is 20.5. The maximum absolute atomic E-state index is 12.1. The smallest absolute Gasteiger partial charge is 0.242 e. The SMILES string of the molecule is CCNC(=NCc1ccc(S(=O)(=O)N(C)C)cc1)NCC1(CCO)CCOC1.I. The summed E-state index contributed by atoms with van der Waals surface area (Å²) in [6.07, 6.45) is 1.61. The number of nitrogens with one attached hydrogen (secondary N) is 2. The molecule has 29 heavy (non-hydrogen) atoms. The molecule has 1 aliphatic rings. The molecule has 0 radical (unpaired) electrons. The summed E-state index contributed by atoms with van der Waals surface area (Å²) in [5.74, 6) is 0.691. The van der Waals surface area contributed by atoms with Crippen LogP contribution in [0.3, 0.4) is 0 Å². The number of hydrogen-bond acceptors (Lipinski definition) is 5. The van der Waals surface area contributed by atoms with E-state index in [1.165, 1.54) is 18.4 Å². The van der Waals surface area contributed by atoms with Crippen LogP contribution in [0.2, 0.25) is 0 Å². The second-order valence-electron chi connectivity index (χ2n) is 7.26. The normalized spacial score (nSPS) is 19.8. The van der Waals surface area contributed by atoms with Crippen LogP contribution in [0.1, 0.15) is 25.3 Å². The first-order valence-electron chi connectivity index (χ1n) is 9.55. The number of aliphatic hydroxyl groups is 1. The van der Waals surface area contributed by atoms with Gasteiger partial charge in [-0.25, -0.2) is 17.7 Å². The molecule has 1 heterocycles. The summed E-state index contributed by atoms with van der Waals surface area (Å²) in [7, 11) is -0.394. The Morgan fingerprint density at radius 2 is 1.97 bits per heavy atom. The van der Waals surface area contributed by atoms with Crippen molar-refractivity contribution in [3.8, 4) is 0 Å². The van der Waals surface area contributed by atoms with Gasteiger partial charge in [0.15, 0.2) is 5.96 Å². The fourth-order valence-corrected chi connectivity index (χ4v) is 3.97. The van der Waals surface area contributed by atoms with Crippen molar-refractivity contribution < 1.29 is 18.3 Å². The molecule has 1 unspecified atom stereocenters. The van der Waals surface area contributed by atoms with Crippen LogP contribution in [0.4, 0.5) is 0 Å². The van der Waals surface area contributed by atoms with Gasteiger partial charge in [-0.1, -0.05) is 12.1 Å². The molecule has 10 heteroatoms. The van der Waals surface area contributed by atoms with Crippen LogP contribution in [-0.4, -0.2) is 70.8 Å². The van der Waals surface area contributed by atoms with Crippen LogP contribution in [0.15, 0.2) is 34.2 Å². The van der Waals surface area contributed by atoms with Crippen LogP contribution < -0.4 is 10.6 Å². The van der Waals surface area contributed by atoms with Gasteiger partial charge in [-0.15, -0.1) is 24.0 Å². The third-order valence-corrected chi connectivity index (χ3v) is 6.75. The highest BCUT2D eigenvalue weighted by molar-refractivity contribution is 14.0. The molecule has 1 fully saturated rings. The van der Waals surface area contributed by atoms with Crippen LogP contribution >= 0.6 is 24.0 Å². The number of aliphatic hydroxyl groups excluding tert-OH is 1. The van der Waals surface area contributed by atoms with Crippen molar-refractivity contribution in [2.24, 2.45) is 10.4 Å². The van der Waals surface area contributed by atoms with Gasteiger partial charge in [0.1, 0.15) is 0 Å². The fraction of sp³-hybridized carbons (Fsp3) is 0.632. The molecular formula is C19H33IN4O4S. The molecular weight excluding hydrogens is 507 g/mol. The molecule has 1 saturated heterocycles. The van der Waals surface area contributed by atoms with Gasteiger partial charge in [0.25, 0.3) is 0 Å². The maximum Gasteiger partial charge on any atom is 0.242 e. The molecule has 8 nitrogen and oxygen atoms in total. The molecule has 1 aromatic carbocycles. The largest absolute Gasteiger partial charge is 0.396 e. The molecule has 1 aromatic rings. The van der Waals surface area contributed by atoms with E-state index in [0.29, 0.717) is 32.1 Å². The Morgan fingerprint density at radius 3 is 2.48 bits per heavy atom. The lowest BCUT2D eigenvalue weighted by molar-refractivity contribution is 0.127. The van der Waals surface area contributed by atoms with Crippen molar-refractivity contribution in [2.75, 3.05) is 47.0 Å². The molecule has 0 spiro atoms. The van der Waals surface area contributed by atoms with Crippen LogP contribution in [-0.2, 0) is 21.3 Å². The summed E-state index contributed by atoms with van der Waals surface area (Å²) in [6, 6.07) is 6.77. The number of sulfonamides is 1. The van der Waals surface area contributed by atoms with Gasteiger partial charge in [0, 0.05) is 45.8 Å². The molecule has 0 aliphatic carbocycles. The average molecular weight is 540 g/mol. The van der Waals surface area contributed by atoms with Crippen LogP contribution in [0, 0.1) is 5.41 Å². The van der Waals surface area contributed by atoms with Crippen molar-refractivity contribution in [2.45, 2.75) is 31.2 Å². The zero-order valence-electron chi connectivity index (χ0n) is 17.3. The first kappa shape index (κ1) is 26.1. The van der Waals surface area contributed by atoms with Gasteiger partial charge in [0.2, 0.25) is 10.0 Å². The zero-order chi connectivity index (χ0) is 20.6. The molecule has 1 aliphatic heterocycles. The van der Waals surface area contributed by atoms with Gasteiger partial charge in [0.05, 0.1) is 18.0 Å². The third kappa shape index (κ3) is 7.35. The molecule has 0 bridgehead atoms. The van der Waals surface area contributed by atoms with E-state index in [9.17, 15) is 13.5 Å². The summed E-state index contributed by atoms with van der Waals surface area (Å²) in [4.78, 5) is 4.86. The number of halogens is 1. The van der Waals surface area contributed by atoms with Gasteiger partial charge in [-0.05, 0) is 37.5 Å². The summed E-state index contributed by atoms with van der Waals surface area (Å²) in [6.45, 7) is 5.34. The molecule has 0 amide bonds. The lowest BCUT2D eigenvalue weighted by Crippen LogP contribution is -2.44. The van der Waals surface area contributed by atoms with E-state index < -0.39 is 10.0 Å². The molecule has 0 aromatic heterocycles. The monoisotopic (exact) mass is 540 g/mol. The van der Waals surface area contributed by atoms with Gasteiger partial charge < -0.3 is 20.5 Å². The number of guanidine groups is 1. The van der Waals surface area contributed by atoms with Gasteiger partial charge >= 0.3 is 0 Å². The van der Waals surface area contributed by atoms with Crippen molar-refractivity contribution in [1.29, 1.82) is 0 Å². The van der Waals surface area contributed by atoms with E-state index in [1.54, 1.807) is 24.3 Å². The number of hydrogen-bond donors (Lipinski definition) is 3. The lowest BCUT2D eigenvalue weighted by atomic mass is 9.84. The molecule has 1 atom stereocenters. The van der Waals surface area contributed by atoms with Gasteiger partial charge in [-0.3, -0.25) is 0 Å². The maximum atomic E-state index is 12.1. The quantitative estimate of drug-likeness (QED) is 0.249. The molecule has 2 rings (SSSR count). The Bertz CT molecular complexity index is 748. The highest BCUT2D eigenvalue weighted by Crippen LogP contribution is 2.31. The Morgan fingerprint density at radius 1 is 1.28 bits per heavy atom. The summed E-state index contributed by atoms with van der Waals surface area (Å²) in [5.41, 5.74) is 0.858. The van der Waals surface area contributed by atoms with E-state index in [-0.39, 0.29) is 40.9 Å². The number of ether oxygens (including phenoxy) is 1. The number of aliphatic imine (C=N–C) groups is 1. The molecule has 0 saturated carbocycles. The first-order valence-corrected chi connectivity index (χ1v) is 11.0. The highest BCUT2D eigenvalue weighted by atomic mass is 127. The Kier molecular flexibility index (Phi) is 10.8. The predicted octanol–water partition coefficient (Wildman–Crippen LogP) is 1.40. The summed E-state index contributed by atoms with van der Waals surface area (Å²) >= 11 is 0. The summed E-state index contributed by atoms with van der Waals surface area (Å²) in [5, 5.41) is 15.9. The van der Waals surface area contributed by atoms with Crippen LogP contribution in [0.25, 0.3) is 0 Å². The van der Waals surface area contributed by atoms with Crippen molar-refractivity contribution in [3.63, 3.8) is 0 Å². The predicted molar refractivity (Wildman–Crippen MR) is 125 cm³/mol. The van der Waals surface area contributed by atoms with Crippen molar-refractivity contribution in [1.82, 2.24) is 14.9 Å². The topological polar surface area (TPSA) is 103 Å². The van der Waals surface area contributed by atoms with E-state index in [1.807, 2.05) is 6.92 Å². The second-order valence-corrected chi connectivity index (χ2v) is 9.41. The first-order chi connectivity index (χ1) is 13.3. The average Bonchev–Trinajstić information content (AvgIpc) is 3.13. The minimum atomic E-state index is -3.42. The Labute approximate surface area is 191 Å².